The Balaban J connectivity index is 2.43. The summed E-state index contributed by atoms with van der Waals surface area (Å²) < 4.78 is 1.60. The van der Waals surface area contributed by atoms with E-state index in [2.05, 4.69) is 21.1 Å². The molecule has 7 heteroatoms. The van der Waals surface area contributed by atoms with E-state index in [1.807, 2.05) is 0 Å². The summed E-state index contributed by atoms with van der Waals surface area (Å²) in [5.41, 5.74) is 0.944. The lowest BCUT2D eigenvalue weighted by atomic mass is 10.3. The van der Waals surface area contributed by atoms with Crippen LogP contribution in [0.15, 0.2) is 27.2 Å². The van der Waals surface area contributed by atoms with Crippen molar-refractivity contribution < 1.29 is 0 Å². The Morgan fingerprint density at radius 1 is 1.59 bits per heavy atom. The first-order chi connectivity index (χ1) is 8.11. The third-order valence-electron chi connectivity index (χ3n) is 2.12. The predicted octanol–water partition coefficient (Wildman–Crippen LogP) is 0.835. The molecule has 2 aromatic heterocycles. The quantitative estimate of drug-likeness (QED) is 0.794. The Hall–Kier alpha value is -2.07. The van der Waals surface area contributed by atoms with Crippen molar-refractivity contribution >= 4 is 11.8 Å². The molecule has 0 fully saturated rings. The number of aryl methyl sites for hydroxylation is 2. The standard InChI is InChI=1S/C10H9N5OS/c1-6-7(5-11)9(15(2)14-6)17-10-12-4-3-8(16)13-10/h3-4H,1-2H3,(H,12,13,16). The second-order valence-electron chi connectivity index (χ2n) is 3.34. The van der Waals surface area contributed by atoms with Gasteiger partial charge in [0.05, 0.1) is 5.69 Å². The number of hydrogen-bond donors (Lipinski definition) is 1. The minimum Gasteiger partial charge on any atom is -0.301 e. The normalized spacial score (nSPS) is 10.2. The van der Waals surface area contributed by atoms with E-state index in [-0.39, 0.29) is 5.56 Å². The van der Waals surface area contributed by atoms with E-state index < -0.39 is 0 Å². The molecule has 6 nitrogen and oxygen atoms in total. The van der Waals surface area contributed by atoms with Crippen molar-refractivity contribution in [2.75, 3.05) is 0 Å². The Labute approximate surface area is 101 Å². The highest BCUT2D eigenvalue weighted by molar-refractivity contribution is 7.99. The smallest absolute Gasteiger partial charge is 0.251 e. The monoisotopic (exact) mass is 247 g/mol. The van der Waals surface area contributed by atoms with Crippen LogP contribution in [0, 0.1) is 18.3 Å². The van der Waals surface area contributed by atoms with Gasteiger partial charge in [0, 0.05) is 19.3 Å². The SMILES string of the molecule is Cc1nn(C)c(Sc2nccc(=O)[nH]2)c1C#N. The van der Waals surface area contributed by atoms with Gasteiger partial charge in [0.1, 0.15) is 16.7 Å². The Bertz CT molecular complexity index is 651. The van der Waals surface area contributed by atoms with E-state index >= 15 is 0 Å². The van der Waals surface area contributed by atoms with Crippen molar-refractivity contribution in [3.8, 4) is 6.07 Å². The summed E-state index contributed by atoms with van der Waals surface area (Å²) in [7, 11) is 1.75. The molecule has 0 aliphatic heterocycles. The van der Waals surface area contributed by atoms with E-state index in [0.29, 0.717) is 21.4 Å². The van der Waals surface area contributed by atoms with Crippen LogP contribution in [-0.2, 0) is 7.05 Å². The molecule has 0 spiro atoms. The molecule has 17 heavy (non-hydrogen) atoms. The number of aromatic amines is 1. The van der Waals surface area contributed by atoms with Crippen LogP contribution in [0.3, 0.4) is 0 Å². The molecule has 0 radical (unpaired) electrons. The zero-order valence-corrected chi connectivity index (χ0v) is 10.1. The summed E-state index contributed by atoms with van der Waals surface area (Å²) in [5.74, 6) is 0. The maximum absolute atomic E-state index is 11.1. The molecular formula is C10H9N5OS. The van der Waals surface area contributed by atoms with E-state index in [0.717, 1.165) is 0 Å². The van der Waals surface area contributed by atoms with Gasteiger partial charge in [-0.1, -0.05) is 0 Å². The Morgan fingerprint density at radius 2 is 2.35 bits per heavy atom. The van der Waals surface area contributed by atoms with Crippen molar-refractivity contribution in [2.24, 2.45) is 7.05 Å². The number of nitrogens with one attached hydrogen (secondary N) is 1. The zero-order valence-electron chi connectivity index (χ0n) is 9.26. The highest BCUT2D eigenvalue weighted by Crippen LogP contribution is 2.27. The van der Waals surface area contributed by atoms with Crippen molar-refractivity contribution in [1.29, 1.82) is 5.26 Å². The third-order valence-corrected chi connectivity index (χ3v) is 3.19. The largest absolute Gasteiger partial charge is 0.301 e. The molecule has 86 valence electrons. The fourth-order valence-corrected chi connectivity index (χ4v) is 2.29. The van der Waals surface area contributed by atoms with Gasteiger partial charge in [0.15, 0.2) is 5.16 Å². The molecule has 0 aliphatic carbocycles. The Morgan fingerprint density at radius 3 is 3.00 bits per heavy atom. The molecule has 0 atom stereocenters. The summed E-state index contributed by atoms with van der Waals surface area (Å²) >= 11 is 1.21. The first-order valence-electron chi connectivity index (χ1n) is 4.78. The lowest BCUT2D eigenvalue weighted by Gasteiger charge is -2.00. The van der Waals surface area contributed by atoms with Gasteiger partial charge in [-0.3, -0.25) is 9.48 Å². The van der Waals surface area contributed by atoms with Crippen molar-refractivity contribution in [1.82, 2.24) is 19.7 Å². The second-order valence-corrected chi connectivity index (χ2v) is 4.32. The van der Waals surface area contributed by atoms with Gasteiger partial charge in [-0.25, -0.2) is 4.98 Å². The van der Waals surface area contributed by atoms with Crippen LogP contribution < -0.4 is 5.56 Å². The van der Waals surface area contributed by atoms with E-state index in [1.165, 1.54) is 24.0 Å². The van der Waals surface area contributed by atoms with Crippen LogP contribution in [0.2, 0.25) is 0 Å². The maximum atomic E-state index is 11.1. The highest BCUT2D eigenvalue weighted by Gasteiger charge is 2.14. The first kappa shape index (κ1) is 11.4. The van der Waals surface area contributed by atoms with Gasteiger partial charge < -0.3 is 4.98 Å². The topological polar surface area (TPSA) is 87.4 Å². The molecule has 2 rings (SSSR count). The number of hydrogen-bond acceptors (Lipinski definition) is 5. The first-order valence-corrected chi connectivity index (χ1v) is 5.60. The second kappa shape index (κ2) is 4.43. The van der Waals surface area contributed by atoms with Crippen molar-refractivity contribution in [3.63, 3.8) is 0 Å². The van der Waals surface area contributed by atoms with E-state index in [1.54, 1.807) is 18.7 Å². The summed E-state index contributed by atoms with van der Waals surface area (Å²) in [6.07, 6.45) is 1.43. The Kier molecular flexibility index (Phi) is 2.97. The number of nitriles is 1. The minimum atomic E-state index is -0.222. The van der Waals surface area contributed by atoms with Crippen LogP contribution >= 0.6 is 11.8 Å². The van der Waals surface area contributed by atoms with Gasteiger partial charge in [0.2, 0.25) is 0 Å². The van der Waals surface area contributed by atoms with Gasteiger partial charge in [-0.15, -0.1) is 0 Å². The highest BCUT2D eigenvalue weighted by atomic mass is 32.2. The number of aromatic nitrogens is 4. The van der Waals surface area contributed by atoms with Crippen molar-refractivity contribution in [2.45, 2.75) is 17.1 Å². The van der Waals surface area contributed by atoms with Crippen LogP contribution in [0.5, 0.6) is 0 Å². The molecule has 0 saturated heterocycles. The fraction of sp³-hybridized carbons (Fsp3) is 0.200. The summed E-state index contributed by atoms with van der Waals surface area (Å²) in [4.78, 5) is 17.7. The van der Waals surface area contributed by atoms with Crippen LogP contribution in [-0.4, -0.2) is 19.7 Å². The van der Waals surface area contributed by atoms with Gasteiger partial charge in [-0.05, 0) is 18.7 Å². The van der Waals surface area contributed by atoms with E-state index in [9.17, 15) is 4.79 Å². The molecule has 2 heterocycles. The van der Waals surface area contributed by atoms with Crippen LogP contribution in [0.1, 0.15) is 11.3 Å². The number of rotatable bonds is 2. The third kappa shape index (κ3) is 2.21. The van der Waals surface area contributed by atoms with Crippen LogP contribution in [0.25, 0.3) is 0 Å². The van der Waals surface area contributed by atoms with Crippen molar-refractivity contribution in [3.05, 3.63) is 33.9 Å². The summed E-state index contributed by atoms with van der Waals surface area (Å²) in [5, 5.41) is 14.3. The zero-order chi connectivity index (χ0) is 12.4. The average Bonchev–Trinajstić information content (AvgIpc) is 2.53. The lowest BCUT2D eigenvalue weighted by Crippen LogP contribution is -2.05. The molecule has 1 N–H and O–H groups in total. The molecule has 0 saturated carbocycles. The molecule has 0 amide bonds. The van der Waals surface area contributed by atoms with Gasteiger partial charge in [-0.2, -0.15) is 10.4 Å². The number of H-pyrrole nitrogens is 1. The molecule has 0 aliphatic rings. The molecule has 0 unspecified atom stereocenters. The molecular weight excluding hydrogens is 238 g/mol. The molecule has 2 aromatic rings. The maximum Gasteiger partial charge on any atom is 0.251 e. The van der Waals surface area contributed by atoms with Crippen LogP contribution in [0.4, 0.5) is 0 Å². The number of nitrogens with zero attached hydrogens (tertiary/aromatic N) is 4. The fourth-order valence-electron chi connectivity index (χ4n) is 1.38. The predicted molar refractivity (Wildman–Crippen MR) is 61.6 cm³/mol. The summed E-state index contributed by atoms with van der Waals surface area (Å²) in [6, 6.07) is 3.43. The average molecular weight is 247 g/mol. The minimum absolute atomic E-state index is 0.222. The molecule has 0 bridgehead atoms. The van der Waals surface area contributed by atoms with E-state index in [4.69, 9.17) is 5.26 Å². The lowest BCUT2D eigenvalue weighted by molar-refractivity contribution is 0.690. The summed E-state index contributed by atoms with van der Waals surface area (Å²) in [6.45, 7) is 1.77. The molecule has 0 aromatic carbocycles. The van der Waals surface area contributed by atoms with Gasteiger partial charge >= 0.3 is 0 Å². The van der Waals surface area contributed by atoms with Gasteiger partial charge in [0.25, 0.3) is 5.56 Å².